The Morgan fingerprint density at radius 1 is 1.14 bits per heavy atom. The summed E-state index contributed by atoms with van der Waals surface area (Å²) in [6, 6.07) is 13.2. The second-order valence-corrected chi connectivity index (χ2v) is 6.84. The Morgan fingerprint density at radius 3 is 2.33 bits per heavy atom. The van der Waals surface area contributed by atoms with E-state index in [0.717, 1.165) is 0 Å². The van der Waals surface area contributed by atoms with E-state index < -0.39 is 10.0 Å². The number of hydrogen-bond donors (Lipinski definition) is 2. The number of amidine groups is 1. The number of nitrogens with zero attached hydrogens (tertiary/aromatic N) is 1. The fourth-order valence-electron chi connectivity index (χ4n) is 1.53. The van der Waals surface area contributed by atoms with Crippen molar-refractivity contribution in [1.29, 1.82) is 0 Å². The van der Waals surface area contributed by atoms with Gasteiger partial charge in [0.15, 0.2) is 0 Å². The first-order chi connectivity index (χ1) is 9.86. The maximum absolute atomic E-state index is 11.2. The van der Waals surface area contributed by atoms with Crippen LogP contribution < -0.4 is 10.5 Å². The molecule has 2 aromatic rings. The van der Waals surface area contributed by atoms with Crippen molar-refractivity contribution in [3.8, 4) is 0 Å². The molecule has 1 radical (unpaired) electrons. The van der Waals surface area contributed by atoms with E-state index in [2.05, 4.69) is 26.3 Å². The number of rotatable bonds is 3. The Morgan fingerprint density at radius 2 is 1.76 bits per heavy atom. The molecule has 0 saturated heterocycles. The molecule has 8 heteroatoms. The quantitative estimate of drug-likeness (QED) is 0.481. The molecule has 5 nitrogen and oxygen atoms in total. The third-order valence-electron chi connectivity index (χ3n) is 2.51. The monoisotopic (exact) mass is 388 g/mol. The molecule has 0 saturated carbocycles. The van der Waals surface area contributed by atoms with Gasteiger partial charge in [0.1, 0.15) is 0 Å². The van der Waals surface area contributed by atoms with Crippen LogP contribution in [0.4, 0.5) is 11.4 Å². The minimum absolute atomic E-state index is 0.0534. The first kappa shape index (κ1) is 16.0. The van der Waals surface area contributed by atoms with Crippen molar-refractivity contribution >= 4 is 53.7 Å². The summed E-state index contributed by atoms with van der Waals surface area (Å²) in [5.41, 5.74) is 1.30. The molecule has 0 aliphatic heterocycles. The van der Waals surface area contributed by atoms with Gasteiger partial charge in [0.25, 0.3) is 0 Å². The number of aliphatic imine (C=N–C) groups is 1. The van der Waals surface area contributed by atoms with Crippen LogP contribution in [0.25, 0.3) is 0 Å². The van der Waals surface area contributed by atoms with E-state index in [1.807, 2.05) is 12.1 Å². The Hall–Kier alpha value is -1.37. The SMILES string of the molecule is NS(=O)(=O)c1ccc(NC([Se])=Nc2ccccc2Cl)cc1. The third kappa shape index (κ3) is 4.56. The van der Waals surface area contributed by atoms with Crippen LogP contribution in [0.15, 0.2) is 58.4 Å². The third-order valence-corrected chi connectivity index (χ3v) is 4.16. The number of nitrogens with two attached hydrogens (primary N) is 1. The fourth-order valence-corrected chi connectivity index (χ4v) is 2.68. The average molecular weight is 388 g/mol. The van der Waals surface area contributed by atoms with E-state index in [9.17, 15) is 8.42 Å². The molecule has 0 amide bonds. The minimum atomic E-state index is -3.69. The summed E-state index contributed by atoms with van der Waals surface area (Å²) in [4.78, 5) is 4.35. The van der Waals surface area contributed by atoms with E-state index in [4.69, 9.17) is 16.7 Å². The molecular formula is C13H11ClN3O2SSe. The van der Waals surface area contributed by atoms with E-state index >= 15 is 0 Å². The molecule has 0 aliphatic carbocycles. The van der Waals surface area contributed by atoms with Crippen molar-refractivity contribution < 1.29 is 8.42 Å². The van der Waals surface area contributed by atoms with Gasteiger partial charge in [-0.15, -0.1) is 0 Å². The molecule has 0 spiro atoms. The van der Waals surface area contributed by atoms with Crippen LogP contribution in [0.5, 0.6) is 0 Å². The van der Waals surface area contributed by atoms with Gasteiger partial charge in [-0.1, -0.05) is 0 Å². The van der Waals surface area contributed by atoms with Gasteiger partial charge in [0, 0.05) is 0 Å². The molecular weight excluding hydrogens is 377 g/mol. The summed E-state index contributed by atoms with van der Waals surface area (Å²) >= 11 is 8.80. The van der Waals surface area contributed by atoms with Crippen LogP contribution in [-0.4, -0.2) is 29.2 Å². The second-order valence-electron chi connectivity index (χ2n) is 4.06. The molecule has 3 N–H and O–H groups in total. The molecule has 0 bridgehead atoms. The summed E-state index contributed by atoms with van der Waals surface area (Å²) in [7, 11) is -3.69. The Balaban J connectivity index is 2.17. The van der Waals surface area contributed by atoms with Crippen LogP contribution in [0.3, 0.4) is 0 Å². The number of nitrogens with one attached hydrogen (secondary N) is 1. The molecule has 0 aromatic heterocycles. The second kappa shape index (κ2) is 6.60. The molecule has 21 heavy (non-hydrogen) atoms. The first-order valence-corrected chi connectivity index (χ1v) is 8.54. The van der Waals surface area contributed by atoms with E-state index in [1.165, 1.54) is 12.1 Å². The van der Waals surface area contributed by atoms with E-state index in [-0.39, 0.29) is 4.90 Å². The summed E-state index contributed by atoms with van der Waals surface area (Å²) in [6.07, 6.45) is 0. The Bertz CT molecular complexity index is 776. The zero-order chi connectivity index (χ0) is 15.5. The molecule has 0 fully saturated rings. The molecule has 2 rings (SSSR count). The summed E-state index contributed by atoms with van der Waals surface area (Å²) in [5.74, 6) is 0. The number of hydrogen-bond acceptors (Lipinski definition) is 3. The zero-order valence-electron chi connectivity index (χ0n) is 10.7. The number of sulfonamides is 1. The van der Waals surface area contributed by atoms with Gasteiger partial charge < -0.3 is 0 Å². The van der Waals surface area contributed by atoms with Crippen LogP contribution in [0.2, 0.25) is 5.02 Å². The Labute approximate surface area is 136 Å². The van der Waals surface area contributed by atoms with E-state index in [0.29, 0.717) is 21.1 Å². The van der Waals surface area contributed by atoms with Crippen molar-refractivity contribution in [3.63, 3.8) is 0 Å². The molecule has 0 heterocycles. The molecule has 2 aromatic carbocycles. The normalized spacial score (nSPS) is 12.2. The number of halogens is 1. The van der Waals surface area contributed by atoms with Gasteiger partial charge in [-0.25, -0.2) is 0 Å². The van der Waals surface area contributed by atoms with Gasteiger partial charge in [0.05, 0.1) is 0 Å². The zero-order valence-corrected chi connectivity index (χ0v) is 13.9. The van der Waals surface area contributed by atoms with Crippen molar-refractivity contribution in [2.45, 2.75) is 4.90 Å². The number of para-hydroxylation sites is 1. The standard InChI is InChI=1S/C13H11ClN3O2SSe/c14-11-3-1-2-4-12(11)17-13(21)16-9-5-7-10(8-6-9)20(15,18)19/h1-8H,(H,16,17)(H2,15,18,19). The predicted octanol–water partition coefficient (Wildman–Crippen LogP) is 2.26. The molecule has 0 unspecified atom stereocenters. The molecule has 0 atom stereocenters. The van der Waals surface area contributed by atoms with Crippen molar-refractivity contribution in [3.05, 3.63) is 53.6 Å². The van der Waals surface area contributed by atoms with Crippen LogP contribution >= 0.6 is 11.6 Å². The average Bonchev–Trinajstić information content (AvgIpc) is 2.41. The van der Waals surface area contributed by atoms with Crippen molar-refractivity contribution in [2.75, 3.05) is 5.32 Å². The van der Waals surface area contributed by atoms with Gasteiger partial charge in [0.2, 0.25) is 0 Å². The van der Waals surface area contributed by atoms with Gasteiger partial charge >= 0.3 is 136 Å². The number of benzene rings is 2. The van der Waals surface area contributed by atoms with Crippen LogP contribution in [-0.2, 0) is 10.0 Å². The van der Waals surface area contributed by atoms with E-state index in [1.54, 1.807) is 24.3 Å². The summed E-state index contributed by atoms with van der Waals surface area (Å²) in [5, 5.41) is 8.57. The molecule has 109 valence electrons. The van der Waals surface area contributed by atoms with Crippen molar-refractivity contribution in [2.24, 2.45) is 10.1 Å². The van der Waals surface area contributed by atoms with Crippen molar-refractivity contribution in [1.82, 2.24) is 0 Å². The van der Waals surface area contributed by atoms with Crippen LogP contribution in [0, 0.1) is 0 Å². The summed E-state index contributed by atoms with van der Waals surface area (Å²) < 4.78 is 22.8. The topological polar surface area (TPSA) is 84.5 Å². The number of anilines is 1. The molecule has 0 aliphatic rings. The maximum atomic E-state index is 11.2. The predicted molar refractivity (Wildman–Crippen MR) is 85.7 cm³/mol. The van der Waals surface area contributed by atoms with Gasteiger partial charge in [-0.3, -0.25) is 0 Å². The fraction of sp³-hybridized carbons (Fsp3) is 0. The van der Waals surface area contributed by atoms with Gasteiger partial charge in [-0.2, -0.15) is 0 Å². The Kier molecular flexibility index (Phi) is 5.03. The van der Waals surface area contributed by atoms with Gasteiger partial charge in [-0.05, 0) is 0 Å². The number of primary sulfonamides is 1. The first-order valence-electron chi connectivity index (χ1n) is 5.76. The van der Waals surface area contributed by atoms with Crippen LogP contribution in [0.1, 0.15) is 0 Å². The summed E-state index contributed by atoms with van der Waals surface area (Å²) in [6.45, 7) is 0.